The third-order valence-electron chi connectivity index (χ3n) is 5.78. The van der Waals surface area contributed by atoms with E-state index in [1.165, 1.54) is 6.92 Å². The van der Waals surface area contributed by atoms with E-state index in [9.17, 15) is 33.9 Å². The Hall–Kier alpha value is -4.46. The normalized spacial score (nSPS) is 14.1. The molecule has 0 saturated heterocycles. The number of para-hydroxylation sites is 1. The molecule has 2 aromatic rings. The van der Waals surface area contributed by atoms with Crippen molar-refractivity contribution in [3.63, 3.8) is 0 Å². The van der Waals surface area contributed by atoms with Gasteiger partial charge in [-0.3, -0.25) is 24.0 Å². The van der Waals surface area contributed by atoms with Gasteiger partial charge in [0.25, 0.3) is 0 Å². The molecule has 0 spiro atoms. The highest BCUT2D eigenvalue weighted by Crippen LogP contribution is 2.19. The molecule has 2 rings (SSSR count). The van der Waals surface area contributed by atoms with Crippen molar-refractivity contribution in [2.75, 3.05) is 0 Å². The molecule has 14 heteroatoms. The number of H-pyrrole nitrogens is 1. The largest absolute Gasteiger partial charge is 0.481 e. The number of amides is 4. The molecule has 0 fully saturated rings. The fourth-order valence-electron chi connectivity index (χ4n) is 3.64. The first-order valence-electron chi connectivity index (χ1n) is 11.8. The first-order chi connectivity index (χ1) is 17.9. The summed E-state index contributed by atoms with van der Waals surface area (Å²) in [5.41, 5.74) is 12.3. The lowest BCUT2D eigenvalue weighted by atomic mass is 10.0. The van der Waals surface area contributed by atoms with E-state index < -0.39 is 59.7 Å². The van der Waals surface area contributed by atoms with Gasteiger partial charge in [0.2, 0.25) is 23.6 Å². The van der Waals surface area contributed by atoms with Gasteiger partial charge in [-0.25, -0.2) is 4.79 Å². The van der Waals surface area contributed by atoms with E-state index >= 15 is 0 Å². The molecule has 1 heterocycles. The second kappa shape index (κ2) is 13.7. The minimum absolute atomic E-state index is 0.0118. The van der Waals surface area contributed by atoms with Crippen LogP contribution in [-0.2, 0) is 35.2 Å². The maximum absolute atomic E-state index is 13.2. The number of rotatable bonds is 15. The smallest absolute Gasteiger partial charge is 0.326 e. The summed E-state index contributed by atoms with van der Waals surface area (Å²) in [5.74, 6) is -5.56. The Morgan fingerprint density at radius 1 is 0.895 bits per heavy atom. The second-order valence-corrected chi connectivity index (χ2v) is 8.80. The molecular weight excluding hydrogens is 500 g/mol. The van der Waals surface area contributed by atoms with Crippen LogP contribution in [0.4, 0.5) is 0 Å². The Bertz CT molecular complexity index is 1200. The number of benzene rings is 1. The maximum Gasteiger partial charge on any atom is 0.326 e. The molecule has 0 bridgehead atoms. The number of aromatic amines is 1. The van der Waals surface area contributed by atoms with Crippen LogP contribution in [0.3, 0.4) is 0 Å². The number of carboxylic acid groups (broad SMARTS) is 2. The Labute approximate surface area is 217 Å². The summed E-state index contributed by atoms with van der Waals surface area (Å²) in [5, 5.41) is 26.2. The first-order valence-corrected chi connectivity index (χ1v) is 11.8. The average Bonchev–Trinajstić information content (AvgIpc) is 3.26. The van der Waals surface area contributed by atoms with Crippen molar-refractivity contribution in [1.29, 1.82) is 0 Å². The van der Waals surface area contributed by atoms with Crippen LogP contribution in [0.1, 0.15) is 38.2 Å². The van der Waals surface area contributed by atoms with Crippen LogP contribution in [-0.4, -0.2) is 74.9 Å². The van der Waals surface area contributed by atoms with Gasteiger partial charge in [0.15, 0.2) is 0 Å². The fraction of sp³-hybridized carbons (Fsp3) is 0.417. The van der Waals surface area contributed by atoms with E-state index in [4.69, 9.17) is 16.6 Å². The van der Waals surface area contributed by atoms with E-state index in [2.05, 4.69) is 20.9 Å². The zero-order valence-electron chi connectivity index (χ0n) is 20.7. The zero-order chi connectivity index (χ0) is 28.4. The molecule has 4 unspecified atom stereocenters. The van der Waals surface area contributed by atoms with Crippen LogP contribution in [0.5, 0.6) is 0 Å². The summed E-state index contributed by atoms with van der Waals surface area (Å²) < 4.78 is 0. The van der Waals surface area contributed by atoms with Crippen molar-refractivity contribution in [2.45, 2.75) is 63.2 Å². The van der Waals surface area contributed by atoms with Crippen LogP contribution in [0, 0.1) is 0 Å². The molecule has 1 aromatic heterocycles. The van der Waals surface area contributed by atoms with E-state index in [1.807, 2.05) is 18.2 Å². The first kappa shape index (κ1) is 29.8. The lowest BCUT2D eigenvalue weighted by molar-refractivity contribution is -0.142. The van der Waals surface area contributed by atoms with Gasteiger partial charge in [0, 0.05) is 36.4 Å². The van der Waals surface area contributed by atoms with Gasteiger partial charge < -0.3 is 42.6 Å². The van der Waals surface area contributed by atoms with Crippen LogP contribution < -0.4 is 27.4 Å². The van der Waals surface area contributed by atoms with E-state index in [0.717, 1.165) is 10.9 Å². The van der Waals surface area contributed by atoms with Crippen LogP contribution in [0.15, 0.2) is 30.5 Å². The monoisotopic (exact) mass is 532 g/mol. The van der Waals surface area contributed by atoms with Crippen LogP contribution in [0.2, 0.25) is 0 Å². The number of primary amides is 1. The molecule has 1 aromatic carbocycles. The summed E-state index contributed by atoms with van der Waals surface area (Å²) in [6.45, 7) is 1.32. The molecule has 0 aliphatic heterocycles. The quantitative estimate of drug-likeness (QED) is 0.136. The highest BCUT2D eigenvalue weighted by Gasteiger charge is 2.29. The summed E-state index contributed by atoms with van der Waals surface area (Å²) >= 11 is 0. The topological polar surface area (TPSA) is 247 Å². The van der Waals surface area contributed by atoms with Gasteiger partial charge in [0.05, 0.1) is 6.04 Å². The molecule has 0 aliphatic carbocycles. The van der Waals surface area contributed by atoms with Crippen molar-refractivity contribution in [3.05, 3.63) is 36.0 Å². The lowest BCUT2D eigenvalue weighted by Crippen LogP contribution is -2.57. The van der Waals surface area contributed by atoms with Crippen molar-refractivity contribution in [2.24, 2.45) is 11.5 Å². The zero-order valence-corrected chi connectivity index (χ0v) is 20.7. The Balaban J connectivity index is 2.16. The third kappa shape index (κ3) is 8.89. The van der Waals surface area contributed by atoms with Gasteiger partial charge in [-0.05, 0) is 31.4 Å². The third-order valence-corrected chi connectivity index (χ3v) is 5.78. The second-order valence-electron chi connectivity index (χ2n) is 8.80. The molecule has 14 nitrogen and oxygen atoms in total. The van der Waals surface area contributed by atoms with Gasteiger partial charge in [-0.1, -0.05) is 18.2 Å². The number of carboxylic acids is 2. The lowest BCUT2D eigenvalue weighted by Gasteiger charge is -2.23. The summed E-state index contributed by atoms with van der Waals surface area (Å²) in [6, 6.07) is 2.29. The van der Waals surface area contributed by atoms with Crippen molar-refractivity contribution in [3.8, 4) is 0 Å². The summed E-state index contributed by atoms with van der Waals surface area (Å²) in [4.78, 5) is 74.6. The van der Waals surface area contributed by atoms with E-state index in [-0.39, 0.29) is 32.1 Å². The minimum atomic E-state index is -1.40. The van der Waals surface area contributed by atoms with Gasteiger partial charge in [0.1, 0.15) is 18.1 Å². The van der Waals surface area contributed by atoms with Gasteiger partial charge >= 0.3 is 11.9 Å². The summed E-state index contributed by atoms with van der Waals surface area (Å²) in [7, 11) is 0. The molecule has 10 N–H and O–H groups in total. The standard InChI is InChI=1S/C24H32N6O8/c1-12(21(34)29-17(24(37)38)7-8-19(26)31)28-23(36)18(30-22(35)15(25)6-9-20(32)33)10-13-11-27-16-5-3-2-4-14(13)16/h2-5,11-12,15,17-18,27H,6-10,25H2,1H3,(H2,26,31)(H,28,36)(H,29,34)(H,30,35)(H,32,33)(H,37,38). The number of nitrogens with two attached hydrogens (primary N) is 2. The van der Waals surface area contributed by atoms with Crippen molar-refractivity contribution in [1.82, 2.24) is 20.9 Å². The average molecular weight is 533 g/mol. The molecule has 0 aliphatic rings. The van der Waals surface area contributed by atoms with Gasteiger partial charge in [-0.2, -0.15) is 0 Å². The Morgan fingerprint density at radius 3 is 2.18 bits per heavy atom. The molecule has 0 saturated carbocycles. The Morgan fingerprint density at radius 2 is 1.55 bits per heavy atom. The highest BCUT2D eigenvalue weighted by atomic mass is 16.4. The molecule has 38 heavy (non-hydrogen) atoms. The number of aliphatic carboxylic acids is 2. The summed E-state index contributed by atoms with van der Waals surface area (Å²) in [6.07, 6.45) is 0.698. The number of carbonyl (C=O) groups excluding carboxylic acids is 4. The number of fused-ring (bicyclic) bond motifs is 1. The van der Waals surface area contributed by atoms with Gasteiger partial charge in [-0.15, -0.1) is 0 Å². The highest BCUT2D eigenvalue weighted by molar-refractivity contribution is 5.94. The van der Waals surface area contributed by atoms with Crippen LogP contribution in [0.25, 0.3) is 10.9 Å². The molecule has 4 amide bonds. The van der Waals surface area contributed by atoms with Crippen molar-refractivity contribution >= 4 is 46.5 Å². The van der Waals surface area contributed by atoms with Crippen LogP contribution >= 0.6 is 0 Å². The van der Waals surface area contributed by atoms with Crippen molar-refractivity contribution < 1.29 is 39.0 Å². The maximum atomic E-state index is 13.2. The number of aromatic nitrogens is 1. The molecule has 4 atom stereocenters. The fourth-order valence-corrected chi connectivity index (χ4v) is 3.64. The molecule has 0 radical (unpaired) electrons. The number of hydrogen-bond donors (Lipinski definition) is 8. The van der Waals surface area contributed by atoms with E-state index in [0.29, 0.717) is 5.56 Å². The predicted molar refractivity (Wildman–Crippen MR) is 134 cm³/mol. The minimum Gasteiger partial charge on any atom is -0.481 e. The molecular formula is C24H32N6O8. The number of carbonyl (C=O) groups is 6. The predicted octanol–water partition coefficient (Wildman–Crippen LogP) is -1.27. The van der Waals surface area contributed by atoms with E-state index in [1.54, 1.807) is 12.3 Å². The molecule has 206 valence electrons. The Kier molecular flexibility index (Phi) is 10.8. The SMILES string of the molecule is CC(NC(=O)C(Cc1c[nH]c2ccccc12)NC(=O)C(N)CCC(=O)O)C(=O)NC(CCC(N)=O)C(=O)O. The number of hydrogen-bond acceptors (Lipinski definition) is 7. The number of nitrogens with one attached hydrogen (secondary N) is 4.